The van der Waals surface area contributed by atoms with Crippen LogP contribution in [0.4, 0.5) is 0 Å². The fraction of sp³-hybridized carbons (Fsp3) is 0.538. The SMILES string of the molecule is [Br-].[Mg+2].[c-]1cccc(COC2CCCCC2)c1. The molecule has 1 aliphatic rings. The van der Waals surface area contributed by atoms with E-state index in [-0.39, 0.29) is 40.0 Å². The van der Waals surface area contributed by atoms with E-state index >= 15 is 0 Å². The van der Waals surface area contributed by atoms with Crippen molar-refractivity contribution >= 4 is 23.1 Å². The van der Waals surface area contributed by atoms with Crippen molar-refractivity contribution < 1.29 is 21.7 Å². The van der Waals surface area contributed by atoms with Crippen molar-refractivity contribution in [2.45, 2.75) is 44.8 Å². The van der Waals surface area contributed by atoms with Gasteiger partial charge in [-0.3, -0.25) is 0 Å². The molecule has 0 aliphatic heterocycles. The third-order valence-electron chi connectivity index (χ3n) is 2.81. The van der Waals surface area contributed by atoms with Crippen LogP contribution in [0.3, 0.4) is 0 Å². The molecular formula is C13H17BrMgO. The number of benzene rings is 1. The van der Waals surface area contributed by atoms with Crippen molar-refractivity contribution in [2.75, 3.05) is 0 Å². The molecule has 0 aromatic heterocycles. The molecule has 0 unspecified atom stereocenters. The summed E-state index contributed by atoms with van der Waals surface area (Å²) in [7, 11) is 0. The molecule has 0 saturated heterocycles. The number of halogens is 1. The van der Waals surface area contributed by atoms with Crippen molar-refractivity contribution in [3.05, 3.63) is 35.9 Å². The van der Waals surface area contributed by atoms with Gasteiger partial charge in [0.25, 0.3) is 0 Å². The molecule has 1 nitrogen and oxygen atoms in total. The molecule has 84 valence electrons. The van der Waals surface area contributed by atoms with Gasteiger partial charge >= 0.3 is 23.1 Å². The molecule has 1 fully saturated rings. The molecule has 1 aliphatic carbocycles. The molecule has 1 aromatic carbocycles. The summed E-state index contributed by atoms with van der Waals surface area (Å²) in [6.07, 6.45) is 7.06. The summed E-state index contributed by atoms with van der Waals surface area (Å²) in [6.45, 7) is 0.752. The van der Waals surface area contributed by atoms with Crippen LogP contribution in [0, 0.1) is 6.07 Å². The first-order valence-corrected chi connectivity index (χ1v) is 5.52. The van der Waals surface area contributed by atoms with Crippen molar-refractivity contribution in [3.63, 3.8) is 0 Å². The van der Waals surface area contributed by atoms with Crippen LogP contribution in [-0.2, 0) is 11.3 Å². The van der Waals surface area contributed by atoms with Gasteiger partial charge < -0.3 is 21.7 Å². The Morgan fingerprint density at radius 3 is 2.62 bits per heavy atom. The van der Waals surface area contributed by atoms with E-state index in [1.807, 2.05) is 18.2 Å². The van der Waals surface area contributed by atoms with Crippen LogP contribution in [0.2, 0.25) is 0 Å². The minimum absolute atomic E-state index is 0. The third-order valence-corrected chi connectivity index (χ3v) is 2.81. The van der Waals surface area contributed by atoms with Crippen LogP contribution in [0.25, 0.3) is 0 Å². The largest absolute Gasteiger partial charge is 2.00 e. The third kappa shape index (κ3) is 5.66. The van der Waals surface area contributed by atoms with E-state index in [4.69, 9.17) is 4.74 Å². The molecule has 1 aromatic rings. The summed E-state index contributed by atoms with van der Waals surface area (Å²) in [4.78, 5) is 0. The first kappa shape index (κ1) is 16.4. The molecule has 16 heavy (non-hydrogen) atoms. The molecule has 2 rings (SSSR count). The van der Waals surface area contributed by atoms with Crippen LogP contribution in [-0.4, -0.2) is 29.2 Å². The smallest absolute Gasteiger partial charge is 1.00 e. The summed E-state index contributed by atoms with van der Waals surface area (Å²) in [6, 6.07) is 11.1. The minimum atomic E-state index is 0. The zero-order chi connectivity index (χ0) is 9.64. The van der Waals surface area contributed by atoms with Crippen LogP contribution in [0.1, 0.15) is 37.7 Å². The molecule has 0 bridgehead atoms. The predicted octanol–water partition coefficient (Wildman–Crippen LogP) is -0.0407. The van der Waals surface area contributed by atoms with Crippen LogP contribution < -0.4 is 17.0 Å². The Bertz CT molecular complexity index is 260. The van der Waals surface area contributed by atoms with Gasteiger partial charge in [-0.05, 0) is 12.8 Å². The zero-order valence-electron chi connectivity index (χ0n) is 9.62. The van der Waals surface area contributed by atoms with E-state index < -0.39 is 0 Å². The number of rotatable bonds is 3. The van der Waals surface area contributed by atoms with Crippen LogP contribution in [0.15, 0.2) is 24.3 Å². The maximum atomic E-state index is 5.85. The van der Waals surface area contributed by atoms with Gasteiger partial charge in [-0.2, -0.15) is 30.3 Å². The van der Waals surface area contributed by atoms with Crippen molar-refractivity contribution in [1.29, 1.82) is 0 Å². The van der Waals surface area contributed by atoms with E-state index in [2.05, 4.69) is 12.1 Å². The predicted molar refractivity (Wildman–Crippen MR) is 62.7 cm³/mol. The van der Waals surface area contributed by atoms with E-state index in [0.29, 0.717) is 6.10 Å². The molecule has 0 N–H and O–H groups in total. The second kappa shape index (κ2) is 9.46. The van der Waals surface area contributed by atoms with Crippen LogP contribution >= 0.6 is 0 Å². The molecule has 0 radical (unpaired) electrons. The second-order valence-electron chi connectivity index (χ2n) is 3.98. The molecule has 1 saturated carbocycles. The average molecular weight is 293 g/mol. The van der Waals surface area contributed by atoms with E-state index in [9.17, 15) is 0 Å². The fourth-order valence-electron chi connectivity index (χ4n) is 1.97. The van der Waals surface area contributed by atoms with E-state index in [1.165, 1.54) is 37.7 Å². The van der Waals surface area contributed by atoms with Crippen molar-refractivity contribution in [3.8, 4) is 0 Å². The quantitative estimate of drug-likeness (QED) is 0.561. The standard InChI is InChI=1S/C13H17O.BrH.Mg/c1-3-7-12(8-4-1)11-14-13-9-5-2-6-10-13;;/h1,3,7-8,13H,2,5-6,9-11H2;1H;/q-1;;+2/p-1. The number of ether oxygens (including phenoxy) is 1. The number of hydrogen-bond donors (Lipinski definition) is 0. The van der Waals surface area contributed by atoms with Gasteiger partial charge in [0.15, 0.2) is 0 Å². The summed E-state index contributed by atoms with van der Waals surface area (Å²) < 4.78 is 5.85. The molecule has 0 heterocycles. The van der Waals surface area contributed by atoms with Gasteiger partial charge in [0.05, 0.1) is 6.10 Å². The molecule has 0 amide bonds. The minimum Gasteiger partial charge on any atom is -1.00 e. The summed E-state index contributed by atoms with van der Waals surface area (Å²) in [5, 5.41) is 0. The van der Waals surface area contributed by atoms with Gasteiger partial charge in [0, 0.05) is 6.61 Å². The van der Waals surface area contributed by atoms with E-state index in [0.717, 1.165) is 6.61 Å². The Hall–Kier alpha value is 0.426. The summed E-state index contributed by atoms with van der Waals surface area (Å²) >= 11 is 0. The van der Waals surface area contributed by atoms with Gasteiger partial charge in [0.1, 0.15) is 0 Å². The monoisotopic (exact) mass is 292 g/mol. The van der Waals surface area contributed by atoms with Gasteiger partial charge in [-0.1, -0.05) is 19.3 Å². The van der Waals surface area contributed by atoms with Gasteiger partial charge in [-0.25, -0.2) is 0 Å². The van der Waals surface area contributed by atoms with E-state index in [1.54, 1.807) is 0 Å². The molecular weight excluding hydrogens is 276 g/mol. The Morgan fingerprint density at radius 1 is 1.25 bits per heavy atom. The Morgan fingerprint density at radius 2 is 2.00 bits per heavy atom. The first-order chi connectivity index (χ1) is 6.95. The van der Waals surface area contributed by atoms with Crippen LogP contribution in [0.5, 0.6) is 0 Å². The number of hydrogen-bond acceptors (Lipinski definition) is 1. The second-order valence-corrected chi connectivity index (χ2v) is 3.98. The van der Waals surface area contributed by atoms with Crippen molar-refractivity contribution in [1.82, 2.24) is 0 Å². The zero-order valence-corrected chi connectivity index (χ0v) is 12.6. The van der Waals surface area contributed by atoms with Crippen molar-refractivity contribution in [2.24, 2.45) is 0 Å². The molecule has 0 atom stereocenters. The summed E-state index contributed by atoms with van der Waals surface area (Å²) in [5.41, 5.74) is 1.23. The fourth-order valence-corrected chi connectivity index (χ4v) is 1.97. The first-order valence-electron chi connectivity index (χ1n) is 5.52. The maximum absolute atomic E-state index is 5.85. The normalized spacial score (nSPS) is 16.0. The summed E-state index contributed by atoms with van der Waals surface area (Å²) in [5.74, 6) is 0. The Balaban J connectivity index is 0.00000112. The Kier molecular flexibility index (Phi) is 9.71. The maximum Gasteiger partial charge on any atom is 2.00 e. The average Bonchev–Trinajstić information content (AvgIpc) is 2.29. The molecule has 0 spiro atoms. The Labute approximate surface area is 125 Å². The van der Waals surface area contributed by atoms with Gasteiger partial charge in [-0.15, -0.1) is 5.56 Å². The molecule has 3 heteroatoms. The van der Waals surface area contributed by atoms with Gasteiger partial charge in [0.2, 0.25) is 0 Å². The topological polar surface area (TPSA) is 9.23 Å².